The first kappa shape index (κ1) is 16.9. The van der Waals surface area contributed by atoms with Gasteiger partial charge in [-0.3, -0.25) is 0 Å². The molecule has 1 atom stereocenters. The van der Waals surface area contributed by atoms with Gasteiger partial charge in [0.1, 0.15) is 12.2 Å². The van der Waals surface area contributed by atoms with E-state index in [0.717, 1.165) is 16.7 Å². The van der Waals surface area contributed by atoms with Gasteiger partial charge in [-0.15, -0.1) is 11.3 Å². The molecule has 0 aliphatic carbocycles. The molecule has 0 radical (unpaired) electrons. The number of carbonyl (C=O) groups excluding carboxylic acids is 1. The van der Waals surface area contributed by atoms with Crippen molar-refractivity contribution in [1.82, 2.24) is 4.90 Å². The van der Waals surface area contributed by atoms with E-state index in [9.17, 15) is 18.0 Å². The molecule has 0 saturated carbocycles. The van der Waals surface area contributed by atoms with Crippen LogP contribution in [0.3, 0.4) is 0 Å². The van der Waals surface area contributed by atoms with Gasteiger partial charge in [-0.1, -0.05) is 0 Å². The molecular formula is C14H18F3NO3S. The SMILES string of the molecule is CN(C(=O)OC(C)(C)C)C1COc2scc(C(F)(F)F)c2C1. The maximum Gasteiger partial charge on any atom is 0.417 e. The number of carbonyl (C=O) groups is 1. The van der Waals surface area contributed by atoms with Crippen molar-refractivity contribution in [2.45, 2.75) is 45.0 Å². The molecule has 8 heteroatoms. The lowest BCUT2D eigenvalue weighted by Crippen LogP contribution is -2.46. The third kappa shape index (κ3) is 3.66. The maximum atomic E-state index is 13.0. The van der Waals surface area contributed by atoms with Crippen LogP contribution in [0, 0.1) is 0 Å². The molecule has 0 fully saturated rings. The van der Waals surface area contributed by atoms with Gasteiger partial charge in [0.15, 0.2) is 5.06 Å². The van der Waals surface area contributed by atoms with Crippen molar-refractivity contribution in [3.05, 3.63) is 16.5 Å². The van der Waals surface area contributed by atoms with Gasteiger partial charge in [-0.05, 0) is 20.8 Å². The van der Waals surface area contributed by atoms with Crippen molar-refractivity contribution in [2.24, 2.45) is 0 Å². The van der Waals surface area contributed by atoms with Crippen molar-refractivity contribution in [2.75, 3.05) is 13.7 Å². The first-order valence-electron chi connectivity index (χ1n) is 6.75. The minimum atomic E-state index is -4.42. The number of hydrogen-bond acceptors (Lipinski definition) is 4. The van der Waals surface area contributed by atoms with Crippen molar-refractivity contribution < 1.29 is 27.4 Å². The fourth-order valence-corrected chi connectivity index (χ4v) is 3.09. The highest BCUT2D eigenvalue weighted by molar-refractivity contribution is 7.12. The molecule has 1 aliphatic heterocycles. The molecule has 1 aromatic rings. The molecule has 1 aliphatic rings. The number of rotatable bonds is 1. The van der Waals surface area contributed by atoms with Gasteiger partial charge in [0.2, 0.25) is 0 Å². The summed E-state index contributed by atoms with van der Waals surface area (Å²) in [7, 11) is 1.51. The second-order valence-corrected chi connectivity index (χ2v) is 7.02. The summed E-state index contributed by atoms with van der Waals surface area (Å²) in [4.78, 5) is 13.3. The van der Waals surface area contributed by atoms with E-state index < -0.39 is 29.5 Å². The molecule has 0 N–H and O–H groups in total. The number of thiophene rings is 1. The van der Waals surface area contributed by atoms with Gasteiger partial charge < -0.3 is 14.4 Å². The minimum Gasteiger partial charge on any atom is -0.482 e. The van der Waals surface area contributed by atoms with Gasteiger partial charge in [0.05, 0.1) is 11.6 Å². The normalized spacial score (nSPS) is 18.4. The molecule has 22 heavy (non-hydrogen) atoms. The molecule has 1 unspecified atom stereocenters. The van der Waals surface area contributed by atoms with Crippen LogP contribution in [0.1, 0.15) is 31.9 Å². The Morgan fingerprint density at radius 1 is 1.41 bits per heavy atom. The second kappa shape index (κ2) is 5.64. The monoisotopic (exact) mass is 337 g/mol. The average molecular weight is 337 g/mol. The predicted molar refractivity (Wildman–Crippen MR) is 76.3 cm³/mol. The van der Waals surface area contributed by atoms with Gasteiger partial charge >= 0.3 is 12.3 Å². The zero-order chi connectivity index (χ0) is 16.7. The molecule has 2 heterocycles. The summed E-state index contributed by atoms with van der Waals surface area (Å²) < 4.78 is 49.5. The molecule has 0 aromatic carbocycles. The number of hydrogen-bond donors (Lipinski definition) is 0. The highest BCUT2D eigenvalue weighted by Gasteiger charge is 2.39. The summed E-state index contributed by atoms with van der Waals surface area (Å²) in [5, 5.41) is 1.33. The van der Waals surface area contributed by atoms with Crippen molar-refractivity contribution in [1.29, 1.82) is 0 Å². The van der Waals surface area contributed by atoms with Crippen LogP contribution in [0.15, 0.2) is 5.38 Å². The summed E-state index contributed by atoms with van der Waals surface area (Å²) in [5.74, 6) is 0. The lowest BCUT2D eigenvalue weighted by molar-refractivity contribution is -0.138. The first-order chi connectivity index (χ1) is 9.99. The summed E-state index contributed by atoms with van der Waals surface area (Å²) in [6.07, 6.45) is -4.89. The molecular weight excluding hydrogens is 319 g/mol. The van der Waals surface area contributed by atoms with Crippen LogP contribution in [-0.2, 0) is 17.3 Å². The standard InChI is InChI=1S/C14H18F3NO3S/c1-13(2,3)21-12(19)18(4)8-5-9-10(14(15,16)17)7-22-11(9)20-6-8/h7-8H,5-6H2,1-4H3. The van der Waals surface area contributed by atoms with E-state index >= 15 is 0 Å². The lowest BCUT2D eigenvalue weighted by atomic mass is 10.0. The number of halogens is 3. The zero-order valence-electron chi connectivity index (χ0n) is 12.8. The molecule has 4 nitrogen and oxygen atoms in total. The van der Waals surface area contributed by atoms with Crippen LogP contribution in [0.5, 0.6) is 5.06 Å². The van der Waals surface area contributed by atoms with Gasteiger partial charge in [-0.2, -0.15) is 13.2 Å². The van der Waals surface area contributed by atoms with E-state index in [-0.39, 0.29) is 23.7 Å². The Bertz CT molecular complexity index is 563. The van der Waals surface area contributed by atoms with Crippen molar-refractivity contribution in [3.63, 3.8) is 0 Å². The summed E-state index contributed by atoms with van der Waals surface area (Å²) in [6.45, 7) is 5.35. The fourth-order valence-electron chi connectivity index (χ4n) is 2.12. The highest BCUT2D eigenvalue weighted by Crippen LogP contribution is 2.43. The fraction of sp³-hybridized carbons (Fsp3) is 0.643. The van der Waals surface area contributed by atoms with E-state index in [1.165, 1.54) is 11.9 Å². The minimum absolute atomic E-state index is 0.101. The first-order valence-corrected chi connectivity index (χ1v) is 7.63. The summed E-state index contributed by atoms with van der Waals surface area (Å²) >= 11 is 0.934. The number of fused-ring (bicyclic) bond motifs is 1. The van der Waals surface area contributed by atoms with Crippen LogP contribution < -0.4 is 4.74 Å². The van der Waals surface area contributed by atoms with Crippen molar-refractivity contribution >= 4 is 17.4 Å². The Balaban J connectivity index is 2.14. The quantitative estimate of drug-likeness (QED) is 0.779. The Kier molecular flexibility index (Phi) is 4.34. The third-order valence-corrected chi connectivity index (χ3v) is 4.17. The number of likely N-dealkylation sites (N-methyl/N-ethyl adjacent to an activating group) is 1. The second-order valence-electron chi connectivity index (χ2n) is 6.17. The van der Waals surface area contributed by atoms with Gasteiger partial charge in [0, 0.05) is 24.4 Å². The van der Waals surface area contributed by atoms with Crippen LogP contribution in [0.25, 0.3) is 0 Å². The van der Waals surface area contributed by atoms with E-state index in [1.807, 2.05) is 0 Å². The Morgan fingerprint density at radius 2 is 2.05 bits per heavy atom. The van der Waals surface area contributed by atoms with E-state index in [4.69, 9.17) is 9.47 Å². The zero-order valence-corrected chi connectivity index (χ0v) is 13.6. The number of amides is 1. The molecule has 2 rings (SSSR count). The molecule has 1 amide bonds. The van der Waals surface area contributed by atoms with E-state index in [1.54, 1.807) is 20.8 Å². The molecule has 0 bridgehead atoms. The van der Waals surface area contributed by atoms with Gasteiger partial charge in [0.25, 0.3) is 0 Å². The Hall–Kier alpha value is -1.44. The lowest BCUT2D eigenvalue weighted by Gasteiger charge is -2.33. The summed E-state index contributed by atoms with van der Waals surface area (Å²) in [5.41, 5.74) is -1.23. The van der Waals surface area contributed by atoms with Gasteiger partial charge in [-0.25, -0.2) is 4.79 Å². The van der Waals surface area contributed by atoms with Crippen LogP contribution >= 0.6 is 11.3 Å². The molecule has 0 spiro atoms. The van der Waals surface area contributed by atoms with Crippen LogP contribution in [-0.4, -0.2) is 36.3 Å². The number of nitrogens with zero attached hydrogens (tertiary/aromatic N) is 1. The third-order valence-electron chi connectivity index (χ3n) is 3.24. The van der Waals surface area contributed by atoms with E-state index in [0.29, 0.717) is 0 Å². The van der Waals surface area contributed by atoms with Crippen molar-refractivity contribution in [3.8, 4) is 5.06 Å². The highest BCUT2D eigenvalue weighted by atomic mass is 32.1. The average Bonchev–Trinajstić information content (AvgIpc) is 2.78. The van der Waals surface area contributed by atoms with Crippen LogP contribution in [0.2, 0.25) is 0 Å². The number of alkyl halides is 3. The van der Waals surface area contributed by atoms with E-state index in [2.05, 4.69) is 0 Å². The summed E-state index contributed by atoms with van der Waals surface area (Å²) in [6, 6.07) is -0.488. The Labute approximate surface area is 130 Å². The number of ether oxygens (including phenoxy) is 2. The smallest absolute Gasteiger partial charge is 0.417 e. The Morgan fingerprint density at radius 3 is 2.59 bits per heavy atom. The largest absolute Gasteiger partial charge is 0.482 e. The maximum absolute atomic E-state index is 13.0. The molecule has 124 valence electrons. The topological polar surface area (TPSA) is 38.8 Å². The molecule has 1 aromatic heterocycles. The van der Waals surface area contributed by atoms with Crippen LogP contribution in [0.4, 0.5) is 18.0 Å². The molecule has 0 saturated heterocycles. The predicted octanol–water partition coefficient (Wildman–Crippen LogP) is 3.94.